The van der Waals surface area contributed by atoms with Crippen molar-refractivity contribution in [2.75, 3.05) is 0 Å². The molecule has 0 aliphatic rings. The summed E-state index contributed by atoms with van der Waals surface area (Å²) in [6, 6.07) is 7.84. The highest BCUT2D eigenvalue weighted by molar-refractivity contribution is 6.30. The van der Waals surface area contributed by atoms with Gasteiger partial charge >= 0.3 is 0 Å². The van der Waals surface area contributed by atoms with Crippen molar-refractivity contribution in [3.05, 3.63) is 52.3 Å². The van der Waals surface area contributed by atoms with Crippen LogP contribution in [0.3, 0.4) is 0 Å². The van der Waals surface area contributed by atoms with Gasteiger partial charge in [0.05, 0.1) is 18.6 Å². The second-order valence-electron chi connectivity index (χ2n) is 3.89. The Hall–Kier alpha value is -0.990. The van der Waals surface area contributed by atoms with Gasteiger partial charge in [0.2, 0.25) is 0 Å². The lowest BCUT2D eigenvalue weighted by atomic mass is 10.2. The Morgan fingerprint density at radius 2 is 2.18 bits per heavy atom. The smallest absolute Gasteiger partial charge is 0.0663 e. The van der Waals surface area contributed by atoms with Gasteiger partial charge in [0.15, 0.2) is 0 Å². The molecule has 1 aromatic heterocycles. The summed E-state index contributed by atoms with van der Waals surface area (Å²) in [7, 11) is 0. The fourth-order valence-corrected chi connectivity index (χ4v) is 2.35. The van der Waals surface area contributed by atoms with Crippen LogP contribution < -0.4 is 0 Å². The molecule has 0 bridgehead atoms. The number of benzene rings is 1. The molecule has 0 amide bonds. The SMILES string of the molecule is CCc1c(CCl)cnn1Cc1cccc(Cl)c1. The molecule has 0 radical (unpaired) electrons. The number of hydrogen-bond acceptors (Lipinski definition) is 1. The molecular weight excluding hydrogens is 255 g/mol. The van der Waals surface area contributed by atoms with Crippen molar-refractivity contribution in [1.29, 1.82) is 0 Å². The van der Waals surface area contributed by atoms with Crippen LogP contribution in [0, 0.1) is 0 Å². The van der Waals surface area contributed by atoms with Crippen molar-refractivity contribution in [3.63, 3.8) is 0 Å². The Morgan fingerprint density at radius 3 is 2.82 bits per heavy atom. The zero-order valence-electron chi connectivity index (χ0n) is 9.66. The van der Waals surface area contributed by atoms with Crippen LogP contribution >= 0.6 is 23.2 Å². The fourth-order valence-electron chi connectivity index (χ4n) is 1.92. The normalized spacial score (nSPS) is 10.8. The van der Waals surface area contributed by atoms with E-state index in [1.54, 1.807) is 0 Å². The van der Waals surface area contributed by atoms with Gasteiger partial charge in [-0.2, -0.15) is 5.10 Å². The molecule has 0 spiro atoms. The second-order valence-corrected chi connectivity index (χ2v) is 4.59. The van der Waals surface area contributed by atoms with Gasteiger partial charge in [-0.15, -0.1) is 11.6 Å². The first-order chi connectivity index (χ1) is 8.24. The molecule has 0 unspecified atom stereocenters. The highest BCUT2D eigenvalue weighted by atomic mass is 35.5. The first-order valence-electron chi connectivity index (χ1n) is 5.58. The first-order valence-corrected chi connectivity index (χ1v) is 6.49. The average molecular weight is 269 g/mol. The van der Waals surface area contributed by atoms with E-state index in [1.165, 1.54) is 5.69 Å². The summed E-state index contributed by atoms with van der Waals surface area (Å²) >= 11 is 11.8. The highest BCUT2D eigenvalue weighted by Gasteiger charge is 2.08. The van der Waals surface area contributed by atoms with Gasteiger partial charge in [-0.25, -0.2) is 0 Å². The van der Waals surface area contributed by atoms with Crippen LogP contribution in [0.2, 0.25) is 5.02 Å². The van der Waals surface area contributed by atoms with Crippen LogP contribution in [-0.2, 0) is 18.8 Å². The molecule has 0 saturated carbocycles. The number of hydrogen-bond donors (Lipinski definition) is 0. The average Bonchev–Trinajstić information content (AvgIpc) is 2.71. The monoisotopic (exact) mass is 268 g/mol. The first kappa shape index (κ1) is 12.5. The predicted octanol–water partition coefficient (Wildman–Crippen LogP) is 3.89. The predicted molar refractivity (Wildman–Crippen MR) is 71.7 cm³/mol. The van der Waals surface area contributed by atoms with Gasteiger partial charge in [0, 0.05) is 16.3 Å². The third-order valence-electron chi connectivity index (χ3n) is 2.74. The molecule has 90 valence electrons. The van der Waals surface area contributed by atoms with E-state index in [4.69, 9.17) is 23.2 Å². The van der Waals surface area contributed by atoms with Crippen LogP contribution in [0.15, 0.2) is 30.5 Å². The lowest BCUT2D eigenvalue weighted by molar-refractivity contribution is 0.648. The summed E-state index contributed by atoms with van der Waals surface area (Å²) in [6.45, 7) is 2.85. The van der Waals surface area contributed by atoms with E-state index in [1.807, 2.05) is 35.1 Å². The van der Waals surface area contributed by atoms with Gasteiger partial charge in [-0.1, -0.05) is 30.7 Å². The Morgan fingerprint density at radius 1 is 1.35 bits per heavy atom. The summed E-state index contributed by atoms with van der Waals surface area (Å²) in [4.78, 5) is 0. The third-order valence-corrected chi connectivity index (χ3v) is 3.26. The molecule has 0 aliphatic carbocycles. The van der Waals surface area contributed by atoms with E-state index in [0.717, 1.165) is 29.1 Å². The van der Waals surface area contributed by atoms with Crippen LogP contribution in [0.1, 0.15) is 23.7 Å². The molecule has 4 heteroatoms. The summed E-state index contributed by atoms with van der Waals surface area (Å²) in [5, 5.41) is 5.13. The van der Waals surface area contributed by atoms with E-state index < -0.39 is 0 Å². The maximum Gasteiger partial charge on any atom is 0.0663 e. The summed E-state index contributed by atoms with van der Waals surface area (Å²) in [6.07, 6.45) is 2.78. The molecular formula is C13H14Cl2N2. The Kier molecular flexibility index (Phi) is 4.08. The minimum absolute atomic E-state index is 0.513. The number of halogens is 2. The second kappa shape index (κ2) is 5.56. The van der Waals surface area contributed by atoms with Gasteiger partial charge in [-0.3, -0.25) is 4.68 Å². The summed E-state index contributed by atoms with van der Waals surface area (Å²) in [5.41, 5.74) is 3.45. The summed E-state index contributed by atoms with van der Waals surface area (Å²) in [5.74, 6) is 0.513. The maximum absolute atomic E-state index is 5.97. The minimum atomic E-state index is 0.513. The highest BCUT2D eigenvalue weighted by Crippen LogP contribution is 2.16. The zero-order valence-corrected chi connectivity index (χ0v) is 11.2. The van der Waals surface area contributed by atoms with Gasteiger partial charge in [0.1, 0.15) is 0 Å². The van der Waals surface area contributed by atoms with Crippen molar-refractivity contribution in [3.8, 4) is 0 Å². The van der Waals surface area contributed by atoms with Crippen LogP contribution in [0.25, 0.3) is 0 Å². The van der Waals surface area contributed by atoms with E-state index >= 15 is 0 Å². The fraction of sp³-hybridized carbons (Fsp3) is 0.308. The largest absolute Gasteiger partial charge is 0.265 e. The lowest BCUT2D eigenvalue weighted by Gasteiger charge is -2.07. The van der Waals surface area contributed by atoms with Crippen LogP contribution in [0.4, 0.5) is 0 Å². The molecule has 2 aromatic rings. The molecule has 17 heavy (non-hydrogen) atoms. The van der Waals surface area contributed by atoms with Crippen LogP contribution in [-0.4, -0.2) is 9.78 Å². The minimum Gasteiger partial charge on any atom is -0.265 e. The van der Waals surface area contributed by atoms with E-state index in [0.29, 0.717) is 5.88 Å². The molecule has 0 atom stereocenters. The zero-order chi connectivity index (χ0) is 12.3. The van der Waals surface area contributed by atoms with Crippen molar-refractivity contribution in [2.24, 2.45) is 0 Å². The number of alkyl halides is 1. The molecule has 0 aliphatic heterocycles. The quantitative estimate of drug-likeness (QED) is 0.770. The molecule has 0 fully saturated rings. The Bertz CT molecular complexity index is 506. The number of nitrogens with zero attached hydrogens (tertiary/aromatic N) is 2. The molecule has 1 aromatic carbocycles. The molecule has 1 heterocycles. The molecule has 0 saturated heterocycles. The van der Waals surface area contributed by atoms with Crippen molar-refractivity contribution >= 4 is 23.2 Å². The third kappa shape index (κ3) is 2.82. The topological polar surface area (TPSA) is 17.8 Å². The maximum atomic E-state index is 5.97. The molecule has 2 rings (SSSR count). The van der Waals surface area contributed by atoms with Crippen molar-refractivity contribution in [2.45, 2.75) is 25.8 Å². The number of rotatable bonds is 4. The Balaban J connectivity index is 2.27. The lowest BCUT2D eigenvalue weighted by Crippen LogP contribution is -2.06. The van der Waals surface area contributed by atoms with E-state index in [-0.39, 0.29) is 0 Å². The van der Waals surface area contributed by atoms with Crippen molar-refractivity contribution < 1.29 is 0 Å². The van der Waals surface area contributed by atoms with Gasteiger partial charge in [-0.05, 0) is 24.1 Å². The van der Waals surface area contributed by atoms with Crippen molar-refractivity contribution in [1.82, 2.24) is 9.78 Å². The molecule has 0 N–H and O–H groups in total. The van der Waals surface area contributed by atoms with E-state index in [2.05, 4.69) is 12.0 Å². The Labute approximate surface area is 111 Å². The van der Waals surface area contributed by atoms with Gasteiger partial charge in [0.25, 0.3) is 0 Å². The van der Waals surface area contributed by atoms with Crippen LogP contribution in [0.5, 0.6) is 0 Å². The van der Waals surface area contributed by atoms with Gasteiger partial charge < -0.3 is 0 Å². The van der Waals surface area contributed by atoms with E-state index in [9.17, 15) is 0 Å². The standard InChI is InChI=1S/C13H14Cl2N2/c1-2-13-11(7-14)8-16-17(13)9-10-4-3-5-12(15)6-10/h3-6,8H,2,7,9H2,1H3. The summed E-state index contributed by atoms with van der Waals surface area (Å²) < 4.78 is 1.99. The molecule has 2 nitrogen and oxygen atoms in total. The number of aromatic nitrogens is 2.